The van der Waals surface area contributed by atoms with Gasteiger partial charge in [-0.1, -0.05) is 42.5 Å². The molecule has 2 aromatic carbocycles. The van der Waals surface area contributed by atoms with Crippen LogP contribution in [-0.2, 0) is 0 Å². The van der Waals surface area contributed by atoms with Crippen molar-refractivity contribution >= 4 is 5.69 Å². The first kappa shape index (κ1) is 20.8. The predicted molar refractivity (Wildman–Crippen MR) is 99.4 cm³/mol. The van der Waals surface area contributed by atoms with Crippen molar-refractivity contribution in [2.45, 2.75) is 13.0 Å². The third-order valence-corrected chi connectivity index (χ3v) is 5.52. The SMILES string of the molecule is CC[N+]1(C)CCN(C(c2ccccc2)c2ccc([N+](=O)[O-])cc2)CC1.[I-]. The maximum absolute atomic E-state index is 11.0. The fourth-order valence-corrected chi connectivity index (χ4v) is 3.57. The Morgan fingerprint density at radius 1 is 1.04 bits per heavy atom. The highest BCUT2D eigenvalue weighted by atomic mass is 127. The van der Waals surface area contributed by atoms with Crippen LogP contribution in [0.15, 0.2) is 54.6 Å². The Labute approximate surface area is 172 Å². The molecule has 0 saturated carbocycles. The van der Waals surface area contributed by atoms with Gasteiger partial charge in [0.25, 0.3) is 5.69 Å². The molecule has 0 amide bonds. The van der Waals surface area contributed by atoms with Crippen LogP contribution in [0.4, 0.5) is 5.69 Å². The van der Waals surface area contributed by atoms with Crippen molar-refractivity contribution in [1.82, 2.24) is 4.90 Å². The van der Waals surface area contributed by atoms with E-state index < -0.39 is 0 Å². The zero-order valence-corrected chi connectivity index (χ0v) is 17.5. The molecule has 1 unspecified atom stereocenters. The van der Waals surface area contributed by atoms with E-state index in [1.165, 1.54) is 5.56 Å². The maximum Gasteiger partial charge on any atom is 0.269 e. The van der Waals surface area contributed by atoms with Crippen LogP contribution >= 0.6 is 0 Å². The number of nitro benzene ring substituents is 1. The Bertz CT molecular complexity index is 714. The second kappa shape index (κ2) is 8.92. The lowest BCUT2D eigenvalue weighted by molar-refractivity contribution is -0.912. The van der Waals surface area contributed by atoms with Gasteiger partial charge in [0.05, 0.1) is 37.6 Å². The Morgan fingerprint density at radius 2 is 1.58 bits per heavy atom. The quantitative estimate of drug-likeness (QED) is 0.278. The number of benzene rings is 2. The molecule has 0 N–H and O–H groups in total. The molecular weight excluding hydrogens is 441 g/mol. The number of non-ortho nitro benzene ring substituents is 1. The van der Waals surface area contributed by atoms with Crippen LogP contribution in [0.25, 0.3) is 0 Å². The molecule has 0 aromatic heterocycles. The normalized spacial score (nSPS) is 17.9. The standard InChI is InChI=1S/C20H26N3O2.HI/c1-3-23(2)15-13-21(14-16-23)20(17-7-5-4-6-8-17)18-9-11-19(12-10-18)22(24)25;/h4-12,20H,3,13-16H2,1-2H3;1H/q+1;/p-1. The Balaban J connectivity index is 0.00000243. The molecule has 26 heavy (non-hydrogen) atoms. The van der Waals surface area contributed by atoms with E-state index in [1.54, 1.807) is 12.1 Å². The molecule has 1 atom stereocenters. The van der Waals surface area contributed by atoms with E-state index in [0.29, 0.717) is 0 Å². The van der Waals surface area contributed by atoms with Gasteiger partial charge >= 0.3 is 0 Å². The lowest BCUT2D eigenvalue weighted by Crippen LogP contribution is -3.00. The van der Waals surface area contributed by atoms with Gasteiger partial charge in [-0.05, 0) is 18.1 Å². The summed E-state index contributed by atoms with van der Waals surface area (Å²) in [6.07, 6.45) is 0. The van der Waals surface area contributed by atoms with Crippen molar-refractivity contribution in [3.05, 3.63) is 75.8 Å². The van der Waals surface area contributed by atoms with E-state index in [-0.39, 0.29) is 40.6 Å². The van der Waals surface area contributed by atoms with Gasteiger partial charge < -0.3 is 28.5 Å². The highest BCUT2D eigenvalue weighted by molar-refractivity contribution is 5.38. The molecule has 2 aromatic rings. The molecule has 3 rings (SSSR count). The van der Waals surface area contributed by atoms with Crippen LogP contribution in [0, 0.1) is 10.1 Å². The molecule has 1 heterocycles. The Hall–Kier alpha value is -1.51. The van der Waals surface area contributed by atoms with E-state index in [0.717, 1.165) is 42.8 Å². The summed E-state index contributed by atoms with van der Waals surface area (Å²) in [5.41, 5.74) is 2.50. The fourth-order valence-electron chi connectivity index (χ4n) is 3.57. The molecule has 1 aliphatic heterocycles. The van der Waals surface area contributed by atoms with E-state index >= 15 is 0 Å². The number of hydrogen-bond donors (Lipinski definition) is 0. The summed E-state index contributed by atoms with van der Waals surface area (Å²) in [4.78, 5) is 13.1. The van der Waals surface area contributed by atoms with Crippen LogP contribution in [0.1, 0.15) is 24.1 Å². The molecule has 0 spiro atoms. The molecule has 5 nitrogen and oxygen atoms in total. The third kappa shape index (κ3) is 4.61. The average molecular weight is 467 g/mol. The number of nitrogens with zero attached hydrogens (tertiary/aromatic N) is 3. The van der Waals surface area contributed by atoms with Gasteiger partial charge in [-0.3, -0.25) is 15.0 Å². The topological polar surface area (TPSA) is 46.4 Å². The summed E-state index contributed by atoms with van der Waals surface area (Å²) < 4.78 is 1.11. The van der Waals surface area contributed by atoms with Crippen LogP contribution in [0.3, 0.4) is 0 Å². The smallest absolute Gasteiger partial charge is 0.269 e. The van der Waals surface area contributed by atoms with Crippen LogP contribution in [0.5, 0.6) is 0 Å². The van der Waals surface area contributed by atoms with Crippen molar-refractivity contribution in [3.8, 4) is 0 Å². The summed E-state index contributed by atoms with van der Waals surface area (Å²) in [6.45, 7) is 7.73. The van der Waals surface area contributed by atoms with Crippen LogP contribution < -0.4 is 24.0 Å². The summed E-state index contributed by atoms with van der Waals surface area (Å²) in [5, 5.41) is 11.0. The first-order valence-electron chi connectivity index (χ1n) is 8.89. The van der Waals surface area contributed by atoms with Gasteiger partial charge in [-0.15, -0.1) is 0 Å². The summed E-state index contributed by atoms with van der Waals surface area (Å²) in [7, 11) is 2.32. The molecule has 1 aliphatic rings. The number of quaternary nitrogens is 1. The van der Waals surface area contributed by atoms with Gasteiger partial charge in [0.15, 0.2) is 0 Å². The van der Waals surface area contributed by atoms with Crippen molar-refractivity contribution < 1.29 is 33.4 Å². The minimum atomic E-state index is -0.341. The zero-order valence-electron chi connectivity index (χ0n) is 15.3. The fraction of sp³-hybridized carbons (Fsp3) is 0.400. The van der Waals surface area contributed by atoms with Crippen molar-refractivity contribution in [2.24, 2.45) is 0 Å². The van der Waals surface area contributed by atoms with Crippen molar-refractivity contribution in [1.29, 1.82) is 0 Å². The van der Waals surface area contributed by atoms with Gasteiger partial charge in [-0.2, -0.15) is 0 Å². The molecule has 140 valence electrons. The monoisotopic (exact) mass is 467 g/mol. The minimum Gasteiger partial charge on any atom is -1.00 e. The van der Waals surface area contributed by atoms with E-state index in [9.17, 15) is 10.1 Å². The van der Waals surface area contributed by atoms with Gasteiger partial charge in [0.1, 0.15) is 0 Å². The Morgan fingerprint density at radius 3 is 2.08 bits per heavy atom. The van der Waals surface area contributed by atoms with E-state index in [1.807, 2.05) is 18.2 Å². The van der Waals surface area contributed by atoms with E-state index in [4.69, 9.17) is 0 Å². The first-order valence-corrected chi connectivity index (χ1v) is 8.89. The second-order valence-corrected chi connectivity index (χ2v) is 7.08. The maximum atomic E-state index is 11.0. The lowest BCUT2D eigenvalue weighted by atomic mass is 9.96. The number of halogens is 1. The zero-order chi connectivity index (χ0) is 17.9. The second-order valence-electron chi connectivity index (χ2n) is 7.08. The number of nitro groups is 1. The molecule has 0 aliphatic carbocycles. The molecule has 0 bridgehead atoms. The summed E-state index contributed by atoms with van der Waals surface area (Å²) >= 11 is 0. The van der Waals surface area contributed by atoms with Crippen LogP contribution in [0.2, 0.25) is 0 Å². The summed E-state index contributed by atoms with van der Waals surface area (Å²) in [5.74, 6) is 0. The highest BCUT2D eigenvalue weighted by Crippen LogP contribution is 2.31. The first-order chi connectivity index (χ1) is 12.0. The molecule has 1 fully saturated rings. The predicted octanol–water partition coefficient (Wildman–Crippen LogP) is 0.470. The lowest BCUT2D eigenvalue weighted by Gasteiger charge is -2.44. The molecule has 0 radical (unpaired) electrons. The van der Waals surface area contributed by atoms with Crippen molar-refractivity contribution in [3.63, 3.8) is 0 Å². The number of rotatable bonds is 5. The van der Waals surface area contributed by atoms with E-state index in [2.05, 4.69) is 43.1 Å². The summed E-state index contributed by atoms with van der Waals surface area (Å²) in [6, 6.07) is 17.6. The van der Waals surface area contributed by atoms with Crippen molar-refractivity contribution in [2.75, 3.05) is 39.8 Å². The number of piperazine rings is 1. The highest BCUT2D eigenvalue weighted by Gasteiger charge is 2.32. The minimum absolute atomic E-state index is 0. The molecule has 1 saturated heterocycles. The van der Waals surface area contributed by atoms with Crippen LogP contribution in [-0.4, -0.2) is 54.1 Å². The van der Waals surface area contributed by atoms with Gasteiger partial charge in [-0.25, -0.2) is 0 Å². The molecular formula is C20H26IN3O2. The number of hydrogen-bond acceptors (Lipinski definition) is 3. The molecule has 6 heteroatoms. The third-order valence-electron chi connectivity index (χ3n) is 5.52. The van der Waals surface area contributed by atoms with Gasteiger partial charge in [0.2, 0.25) is 0 Å². The number of likely N-dealkylation sites (N-methyl/N-ethyl adjacent to an activating group) is 1. The Kier molecular flexibility index (Phi) is 7.14. The average Bonchev–Trinajstić information content (AvgIpc) is 2.65. The van der Waals surface area contributed by atoms with Gasteiger partial charge in [0, 0.05) is 25.2 Å². The largest absolute Gasteiger partial charge is 1.00 e.